The maximum absolute atomic E-state index is 11.9. The molecule has 0 radical (unpaired) electrons. The number of amides is 1. The Balaban J connectivity index is 2.82. The van der Waals surface area contributed by atoms with E-state index >= 15 is 0 Å². The highest BCUT2D eigenvalue weighted by atomic mass is 35.5. The minimum absolute atomic E-state index is 0.180. The third-order valence-electron chi connectivity index (χ3n) is 2.11. The van der Waals surface area contributed by atoms with E-state index in [4.69, 9.17) is 17.3 Å². The van der Waals surface area contributed by atoms with Crippen LogP contribution in [0.25, 0.3) is 0 Å². The zero-order chi connectivity index (χ0) is 15.6. The van der Waals surface area contributed by atoms with Gasteiger partial charge in [0.25, 0.3) is 0 Å². The van der Waals surface area contributed by atoms with Crippen molar-refractivity contribution in [3.8, 4) is 0 Å². The minimum Gasteiger partial charge on any atom is -0.398 e. The van der Waals surface area contributed by atoms with Gasteiger partial charge in [-0.3, -0.25) is 4.79 Å². The van der Waals surface area contributed by atoms with Crippen LogP contribution in [0.5, 0.6) is 0 Å². The number of benzene rings is 1. The van der Waals surface area contributed by atoms with Crippen LogP contribution in [0.4, 0.5) is 18.9 Å². The Bertz CT molecular complexity index is 617. The predicted molar refractivity (Wildman–Crippen MR) is 67.0 cm³/mol. The summed E-state index contributed by atoms with van der Waals surface area (Å²) in [5.74, 6) is -2.40. The number of halogens is 4. The molecular formula is C10H10ClF3N2O3S. The molecule has 0 aliphatic heterocycles. The van der Waals surface area contributed by atoms with Crippen LogP contribution in [0.1, 0.15) is 0 Å². The van der Waals surface area contributed by atoms with Crippen molar-refractivity contribution in [3.63, 3.8) is 0 Å². The van der Waals surface area contributed by atoms with E-state index in [1.54, 1.807) is 0 Å². The summed E-state index contributed by atoms with van der Waals surface area (Å²) in [5.41, 5.74) is 5.27. The van der Waals surface area contributed by atoms with E-state index in [2.05, 4.69) is 0 Å². The first-order chi connectivity index (χ1) is 9.01. The molecule has 0 aliphatic carbocycles. The molecule has 0 aromatic heterocycles. The van der Waals surface area contributed by atoms with Crippen LogP contribution in [-0.4, -0.2) is 32.8 Å². The van der Waals surface area contributed by atoms with Gasteiger partial charge >= 0.3 is 6.18 Å². The highest BCUT2D eigenvalue weighted by Gasteiger charge is 2.29. The Morgan fingerprint density at radius 3 is 2.45 bits per heavy atom. The second-order valence-corrected chi connectivity index (χ2v) is 6.23. The van der Waals surface area contributed by atoms with Crippen molar-refractivity contribution < 1.29 is 26.4 Å². The molecule has 3 N–H and O–H groups in total. The molecule has 1 rings (SSSR count). The zero-order valence-electron chi connectivity index (χ0n) is 9.87. The number of sulfone groups is 1. The number of hydrogen-bond acceptors (Lipinski definition) is 4. The topological polar surface area (TPSA) is 89.3 Å². The molecule has 5 nitrogen and oxygen atoms in total. The Morgan fingerprint density at radius 2 is 1.95 bits per heavy atom. The van der Waals surface area contributed by atoms with Crippen LogP contribution in [0.3, 0.4) is 0 Å². The molecular weight excluding hydrogens is 321 g/mol. The summed E-state index contributed by atoms with van der Waals surface area (Å²) < 4.78 is 59.3. The molecule has 0 bridgehead atoms. The van der Waals surface area contributed by atoms with E-state index in [1.165, 1.54) is 17.4 Å². The van der Waals surface area contributed by atoms with Crippen LogP contribution < -0.4 is 11.1 Å². The summed E-state index contributed by atoms with van der Waals surface area (Å²) in [4.78, 5) is 10.8. The van der Waals surface area contributed by atoms with Crippen LogP contribution >= 0.6 is 11.6 Å². The van der Waals surface area contributed by atoms with Crippen molar-refractivity contribution in [1.82, 2.24) is 5.32 Å². The van der Waals surface area contributed by atoms with Gasteiger partial charge in [-0.15, -0.1) is 0 Å². The van der Waals surface area contributed by atoms with Crippen molar-refractivity contribution in [2.45, 2.75) is 11.1 Å². The van der Waals surface area contributed by atoms with Gasteiger partial charge in [0.2, 0.25) is 5.91 Å². The summed E-state index contributed by atoms with van der Waals surface area (Å²) in [6, 6.07) is 3.50. The first kappa shape index (κ1) is 16.6. The first-order valence-electron chi connectivity index (χ1n) is 5.12. The average Bonchev–Trinajstić information content (AvgIpc) is 2.24. The fraction of sp³-hybridized carbons (Fsp3) is 0.300. The van der Waals surface area contributed by atoms with Gasteiger partial charge in [-0.25, -0.2) is 8.42 Å². The Hall–Kier alpha value is -1.48. The number of rotatable bonds is 4. The minimum atomic E-state index is -4.61. The number of carbonyl (C=O) groups is 1. The Kier molecular flexibility index (Phi) is 4.87. The Morgan fingerprint density at radius 1 is 1.35 bits per heavy atom. The maximum atomic E-state index is 11.9. The van der Waals surface area contributed by atoms with Crippen molar-refractivity contribution in [3.05, 3.63) is 23.2 Å². The molecule has 0 spiro atoms. The summed E-state index contributed by atoms with van der Waals surface area (Å²) in [5, 5.41) is 1.67. The van der Waals surface area contributed by atoms with E-state index in [0.29, 0.717) is 0 Å². The van der Waals surface area contributed by atoms with E-state index in [1.807, 2.05) is 0 Å². The quantitative estimate of drug-likeness (QED) is 0.816. The van der Waals surface area contributed by atoms with Crippen molar-refractivity contribution >= 4 is 33.0 Å². The number of nitrogens with one attached hydrogen (secondary N) is 1. The second kappa shape index (κ2) is 5.88. The van der Waals surface area contributed by atoms with E-state index in [0.717, 1.165) is 6.07 Å². The average molecular weight is 331 g/mol. The van der Waals surface area contributed by atoms with Crippen LogP contribution in [0, 0.1) is 0 Å². The van der Waals surface area contributed by atoms with E-state index < -0.39 is 34.2 Å². The predicted octanol–water partition coefficient (Wildman–Crippen LogP) is 1.37. The summed E-state index contributed by atoms with van der Waals surface area (Å²) >= 11 is 5.59. The number of alkyl halides is 3. The number of hydrogen-bond donors (Lipinski definition) is 2. The molecule has 1 aromatic carbocycles. The third kappa shape index (κ3) is 4.89. The van der Waals surface area contributed by atoms with Crippen LogP contribution in [-0.2, 0) is 14.6 Å². The molecule has 10 heteroatoms. The lowest BCUT2D eigenvalue weighted by Crippen LogP contribution is -2.37. The van der Waals surface area contributed by atoms with E-state index in [9.17, 15) is 26.4 Å². The summed E-state index contributed by atoms with van der Waals surface area (Å²) in [6.07, 6.45) is -4.61. The number of nitrogens with two attached hydrogens (primary N) is 1. The zero-order valence-corrected chi connectivity index (χ0v) is 11.4. The van der Waals surface area contributed by atoms with Gasteiger partial charge in [0.15, 0.2) is 9.84 Å². The standard InChI is InChI=1S/C10H10ClF3N2O3S/c11-6-1-2-8(7(15)3-6)20(18,19)4-9(17)16-5-10(12,13)14/h1-3H,4-5,15H2,(H,16,17). The van der Waals surface area contributed by atoms with Gasteiger partial charge in [-0.05, 0) is 18.2 Å². The van der Waals surface area contributed by atoms with Crippen molar-refractivity contribution in [1.29, 1.82) is 0 Å². The van der Waals surface area contributed by atoms with E-state index in [-0.39, 0.29) is 15.6 Å². The summed E-state index contributed by atoms with van der Waals surface area (Å²) in [7, 11) is -4.14. The van der Waals surface area contributed by atoms with Crippen molar-refractivity contribution in [2.75, 3.05) is 18.0 Å². The lowest BCUT2D eigenvalue weighted by Gasteiger charge is -2.10. The summed E-state index contributed by atoms with van der Waals surface area (Å²) in [6.45, 7) is -1.60. The van der Waals surface area contributed by atoms with Gasteiger partial charge in [0.05, 0.1) is 10.6 Å². The van der Waals surface area contributed by atoms with Gasteiger partial charge in [0.1, 0.15) is 12.3 Å². The normalized spacial score (nSPS) is 12.2. The van der Waals surface area contributed by atoms with Gasteiger partial charge < -0.3 is 11.1 Å². The molecule has 112 valence electrons. The second-order valence-electron chi connectivity index (χ2n) is 3.83. The number of anilines is 1. The molecule has 0 heterocycles. The lowest BCUT2D eigenvalue weighted by atomic mass is 10.3. The van der Waals surface area contributed by atoms with Crippen LogP contribution in [0.2, 0.25) is 5.02 Å². The SMILES string of the molecule is Nc1cc(Cl)ccc1S(=O)(=O)CC(=O)NCC(F)(F)F. The molecule has 0 saturated heterocycles. The Labute approximate surface area is 117 Å². The largest absolute Gasteiger partial charge is 0.405 e. The molecule has 0 aliphatic rings. The highest BCUT2D eigenvalue weighted by molar-refractivity contribution is 7.92. The third-order valence-corrected chi connectivity index (χ3v) is 4.03. The maximum Gasteiger partial charge on any atom is 0.405 e. The van der Waals surface area contributed by atoms with Crippen molar-refractivity contribution in [2.24, 2.45) is 0 Å². The smallest absolute Gasteiger partial charge is 0.398 e. The van der Waals surface area contributed by atoms with Gasteiger partial charge in [-0.2, -0.15) is 13.2 Å². The monoisotopic (exact) mass is 330 g/mol. The molecule has 0 fully saturated rings. The molecule has 1 aromatic rings. The molecule has 0 saturated carbocycles. The molecule has 0 atom stereocenters. The van der Waals surface area contributed by atoms with Gasteiger partial charge in [-0.1, -0.05) is 11.6 Å². The van der Waals surface area contributed by atoms with Gasteiger partial charge in [0, 0.05) is 5.02 Å². The van der Waals surface area contributed by atoms with Crippen LogP contribution in [0.15, 0.2) is 23.1 Å². The molecule has 20 heavy (non-hydrogen) atoms. The number of carbonyl (C=O) groups excluding carboxylic acids is 1. The first-order valence-corrected chi connectivity index (χ1v) is 7.15. The fourth-order valence-corrected chi connectivity index (χ4v) is 2.78. The highest BCUT2D eigenvalue weighted by Crippen LogP contribution is 2.23. The lowest BCUT2D eigenvalue weighted by molar-refractivity contribution is -0.137. The number of nitrogen functional groups attached to an aromatic ring is 1. The molecule has 1 amide bonds. The fourth-order valence-electron chi connectivity index (χ4n) is 1.30. The molecule has 0 unspecified atom stereocenters.